The summed E-state index contributed by atoms with van der Waals surface area (Å²) in [6.07, 6.45) is 4.23. The van der Waals surface area contributed by atoms with Gasteiger partial charge in [-0.05, 0) is 49.9 Å². The molecule has 0 amide bonds. The summed E-state index contributed by atoms with van der Waals surface area (Å²) in [5.74, 6) is 1.73. The predicted molar refractivity (Wildman–Crippen MR) is 137 cm³/mol. The van der Waals surface area contributed by atoms with E-state index in [1.165, 1.54) is 11.8 Å². The first-order chi connectivity index (χ1) is 14.4. The largest absolute Gasteiger partial charge is 0.496 e. The number of guanidine groups is 1. The zero-order valence-electron chi connectivity index (χ0n) is 18.3. The van der Waals surface area contributed by atoms with E-state index in [1.807, 2.05) is 31.2 Å². The van der Waals surface area contributed by atoms with Crippen LogP contribution in [0.25, 0.3) is 0 Å². The summed E-state index contributed by atoms with van der Waals surface area (Å²) in [5, 5.41) is 6.69. The Morgan fingerprint density at radius 3 is 2.35 bits per heavy atom. The van der Waals surface area contributed by atoms with Crippen molar-refractivity contribution in [2.75, 3.05) is 33.0 Å². The molecule has 0 saturated heterocycles. The van der Waals surface area contributed by atoms with Crippen LogP contribution < -0.4 is 15.4 Å². The summed E-state index contributed by atoms with van der Waals surface area (Å²) in [4.78, 5) is 5.18. The number of ether oxygens (including phenoxy) is 1. The van der Waals surface area contributed by atoms with Gasteiger partial charge in [0.05, 0.1) is 18.6 Å². The summed E-state index contributed by atoms with van der Waals surface area (Å²) >= 11 is 0. The molecule has 0 unspecified atom stereocenters. The Labute approximate surface area is 202 Å². The fraction of sp³-hybridized carbons (Fsp3) is 0.435. The fourth-order valence-corrected chi connectivity index (χ4v) is 4.18. The third kappa shape index (κ3) is 6.83. The van der Waals surface area contributed by atoms with Gasteiger partial charge >= 0.3 is 0 Å². The highest BCUT2D eigenvalue weighted by molar-refractivity contribution is 14.0. The fourth-order valence-electron chi connectivity index (χ4n) is 3.55. The number of rotatable bonds is 9. The van der Waals surface area contributed by atoms with Crippen LogP contribution in [0.5, 0.6) is 5.75 Å². The van der Waals surface area contributed by atoms with Gasteiger partial charge in [-0.15, -0.1) is 24.0 Å². The molecule has 1 saturated carbocycles. The molecule has 0 bridgehead atoms. The molecular formula is C23H32IN3O3S. The number of para-hydroxylation sites is 1. The third-order valence-corrected chi connectivity index (χ3v) is 6.60. The summed E-state index contributed by atoms with van der Waals surface area (Å²) in [7, 11) is -1.44. The van der Waals surface area contributed by atoms with Crippen LogP contribution in [-0.2, 0) is 21.7 Å². The average Bonchev–Trinajstić information content (AvgIpc) is 3.53. The molecule has 1 aliphatic carbocycles. The topological polar surface area (TPSA) is 79.8 Å². The lowest BCUT2D eigenvalue weighted by Crippen LogP contribution is -2.39. The highest BCUT2D eigenvalue weighted by Crippen LogP contribution is 2.51. The van der Waals surface area contributed by atoms with Gasteiger partial charge in [-0.3, -0.25) is 4.99 Å². The van der Waals surface area contributed by atoms with Gasteiger partial charge in [-0.2, -0.15) is 0 Å². The van der Waals surface area contributed by atoms with E-state index < -0.39 is 9.84 Å². The lowest BCUT2D eigenvalue weighted by Gasteiger charge is -2.18. The second-order valence-electron chi connectivity index (χ2n) is 7.77. The van der Waals surface area contributed by atoms with Crippen molar-refractivity contribution in [1.82, 2.24) is 10.6 Å². The molecule has 3 rings (SSSR count). The molecule has 0 aliphatic heterocycles. The summed E-state index contributed by atoms with van der Waals surface area (Å²) in [6, 6.07) is 15.3. The van der Waals surface area contributed by atoms with Crippen LogP contribution in [0.3, 0.4) is 0 Å². The van der Waals surface area contributed by atoms with Crippen molar-refractivity contribution < 1.29 is 13.2 Å². The SMILES string of the molecule is CCNC(=NCC1(c2ccccc2OC)CC1)NCCc1ccc(S(C)(=O)=O)cc1.I. The highest BCUT2D eigenvalue weighted by Gasteiger charge is 2.46. The molecule has 2 N–H and O–H groups in total. The van der Waals surface area contributed by atoms with Crippen LogP contribution in [0.4, 0.5) is 0 Å². The lowest BCUT2D eigenvalue weighted by molar-refractivity contribution is 0.404. The number of aliphatic imine (C=N–C) groups is 1. The Morgan fingerprint density at radius 1 is 1.10 bits per heavy atom. The quantitative estimate of drug-likeness (QED) is 0.280. The summed E-state index contributed by atoms with van der Waals surface area (Å²) in [6.45, 7) is 4.27. The number of halogens is 1. The van der Waals surface area contributed by atoms with E-state index >= 15 is 0 Å². The Hall–Kier alpha value is -1.81. The number of sulfone groups is 1. The van der Waals surface area contributed by atoms with Crippen molar-refractivity contribution in [2.24, 2.45) is 4.99 Å². The van der Waals surface area contributed by atoms with Gasteiger partial charge in [0.1, 0.15) is 5.75 Å². The van der Waals surface area contributed by atoms with Crippen molar-refractivity contribution >= 4 is 39.8 Å². The Balaban J connectivity index is 0.00000341. The molecule has 0 spiro atoms. The van der Waals surface area contributed by atoms with Gasteiger partial charge in [0.2, 0.25) is 0 Å². The van der Waals surface area contributed by atoms with E-state index in [4.69, 9.17) is 9.73 Å². The zero-order valence-corrected chi connectivity index (χ0v) is 21.5. The highest BCUT2D eigenvalue weighted by atomic mass is 127. The lowest BCUT2D eigenvalue weighted by atomic mass is 9.95. The van der Waals surface area contributed by atoms with Crippen LogP contribution in [0.1, 0.15) is 30.9 Å². The monoisotopic (exact) mass is 557 g/mol. The second kappa shape index (κ2) is 11.2. The van der Waals surface area contributed by atoms with E-state index in [9.17, 15) is 8.42 Å². The zero-order chi connectivity index (χ0) is 21.6. The van der Waals surface area contributed by atoms with Crippen molar-refractivity contribution in [3.05, 3.63) is 59.7 Å². The van der Waals surface area contributed by atoms with E-state index in [1.54, 1.807) is 19.2 Å². The molecular weight excluding hydrogens is 525 g/mol. The van der Waals surface area contributed by atoms with E-state index in [0.717, 1.165) is 43.1 Å². The normalized spacial score (nSPS) is 15.0. The molecule has 2 aromatic rings. The first-order valence-corrected chi connectivity index (χ1v) is 12.2. The number of hydrogen-bond acceptors (Lipinski definition) is 4. The summed E-state index contributed by atoms with van der Waals surface area (Å²) < 4.78 is 28.7. The Morgan fingerprint density at radius 2 is 1.77 bits per heavy atom. The first-order valence-electron chi connectivity index (χ1n) is 10.3. The maximum absolute atomic E-state index is 11.6. The van der Waals surface area contributed by atoms with E-state index in [2.05, 4.69) is 22.8 Å². The third-order valence-electron chi connectivity index (χ3n) is 5.47. The number of benzene rings is 2. The van der Waals surface area contributed by atoms with Crippen LogP contribution in [0, 0.1) is 0 Å². The molecule has 170 valence electrons. The maximum atomic E-state index is 11.6. The number of hydrogen-bond donors (Lipinski definition) is 2. The first kappa shape index (κ1) is 25.5. The van der Waals surface area contributed by atoms with E-state index in [0.29, 0.717) is 18.0 Å². The molecule has 0 atom stereocenters. The van der Waals surface area contributed by atoms with Crippen LogP contribution in [-0.4, -0.2) is 47.4 Å². The second-order valence-corrected chi connectivity index (χ2v) is 9.78. The molecule has 0 heterocycles. The van der Waals surface area contributed by atoms with Gasteiger partial charge in [-0.25, -0.2) is 8.42 Å². The van der Waals surface area contributed by atoms with Gasteiger partial charge in [0, 0.05) is 30.3 Å². The predicted octanol–water partition coefficient (Wildman–Crippen LogP) is 3.55. The summed E-state index contributed by atoms with van der Waals surface area (Å²) in [5.41, 5.74) is 2.38. The molecule has 8 heteroatoms. The standard InChI is InChI=1S/C23H31N3O3S.HI/c1-4-24-22(25-16-13-18-9-11-19(12-10-18)30(3,27)28)26-17-23(14-15-23)20-7-5-6-8-21(20)29-2;/h5-12H,4,13-17H2,1-3H3,(H2,24,25,26);1H. The Bertz CT molecular complexity index is 987. The minimum absolute atomic E-state index is 0. The molecule has 2 aromatic carbocycles. The van der Waals surface area contributed by atoms with Crippen molar-refractivity contribution in [3.63, 3.8) is 0 Å². The van der Waals surface area contributed by atoms with Gasteiger partial charge in [-0.1, -0.05) is 30.3 Å². The van der Waals surface area contributed by atoms with E-state index in [-0.39, 0.29) is 29.4 Å². The average molecular weight is 557 g/mol. The van der Waals surface area contributed by atoms with Crippen molar-refractivity contribution in [1.29, 1.82) is 0 Å². The molecule has 6 nitrogen and oxygen atoms in total. The van der Waals surface area contributed by atoms with Crippen LogP contribution >= 0.6 is 24.0 Å². The molecule has 1 fully saturated rings. The molecule has 0 aromatic heterocycles. The molecule has 31 heavy (non-hydrogen) atoms. The Kier molecular flexibility index (Phi) is 9.17. The smallest absolute Gasteiger partial charge is 0.191 e. The van der Waals surface area contributed by atoms with Gasteiger partial charge in [0.25, 0.3) is 0 Å². The molecule has 1 aliphatic rings. The maximum Gasteiger partial charge on any atom is 0.191 e. The van der Waals surface area contributed by atoms with Crippen molar-refractivity contribution in [3.8, 4) is 5.75 Å². The van der Waals surface area contributed by atoms with Crippen LogP contribution in [0.2, 0.25) is 0 Å². The van der Waals surface area contributed by atoms with Gasteiger partial charge < -0.3 is 15.4 Å². The number of nitrogens with one attached hydrogen (secondary N) is 2. The molecule has 0 radical (unpaired) electrons. The van der Waals surface area contributed by atoms with Gasteiger partial charge in [0.15, 0.2) is 15.8 Å². The minimum Gasteiger partial charge on any atom is -0.496 e. The number of methoxy groups -OCH3 is 1. The number of nitrogens with zero attached hydrogens (tertiary/aromatic N) is 1. The minimum atomic E-state index is -3.16. The van der Waals surface area contributed by atoms with Crippen molar-refractivity contribution in [2.45, 2.75) is 36.5 Å². The van der Waals surface area contributed by atoms with Crippen LogP contribution in [0.15, 0.2) is 58.4 Å².